The van der Waals surface area contributed by atoms with Crippen LogP contribution in [0.3, 0.4) is 0 Å². The van der Waals surface area contributed by atoms with Crippen LogP contribution in [0.4, 0.5) is 0 Å². The van der Waals surface area contributed by atoms with Gasteiger partial charge in [-0.2, -0.15) is 0 Å². The van der Waals surface area contributed by atoms with Crippen LogP contribution >= 0.6 is 11.3 Å². The smallest absolute Gasteiger partial charge is 0.309 e. The summed E-state index contributed by atoms with van der Waals surface area (Å²) in [5.74, 6) is -1.68. The van der Waals surface area contributed by atoms with E-state index in [0.717, 1.165) is 16.3 Å². The molecule has 0 aromatic carbocycles. The molecule has 3 N–H and O–H groups in total. The van der Waals surface area contributed by atoms with Gasteiger partial charge in [0.2, 0.25) is 0 Å². The zero-order chi connectivity index (χ0) is 24.8. The molecule has 2 rings (SSSR count). The van der Waals surface area contributed by atoms with Crippen molar-refractivity contribution >= 4 is 29.2 Å². The SMILES string of the molecule is C/C(=C\c1csc(C)n1)C1C/C=C/CNC[C@H](C)[C@H](O)[C@@H](C)C(=O)C(C)(C)[C@@H](O)CC(=O)O1. The number of aryl methyl sites for hydroxylation is 1. The lowest BCUT2D eigenvalue weighted by Gasteiger charge is -2.34. The van der Waals surface area contributed by atoms with E-state index in [2.05, 4.69) is 10.3 Å². The number of nitrogens with zero attached hydrogens (tertiary/aromatic N) is 1. The molecule has 0 amide bonds. The van der Waals surface area contributed by atoms with Crippen molar-refractivity contribution < 1.29 is 24.5 Å². The average molecular weight is 479 g/mol. The zero-order valence-electron chi connectivity index (χ0n) is 20.5. The molecule has 0 aliphatic carbocycles. The van der Waals surface area contributed by atoms with Crippen LogP contribution in [0.2, 0.25) is 0 Å². The summed E-state index contributed by atoms with van der Waals surface area (Å²) in [6.45, 7) is 11.8. The minimum absolute atomic E-state index is 0.150. The Morgan fingerprint density at radius 2 is 1.97 bits per heavy atom. The maximum atomic E-state index is 13.1. The molecule has 1 aliphatic heterocycles. The van der Waals surface area contributed by atoms with Gasteiger partial charge >= 0.3 is 5.97 Å². The number of cyclic esters (lactones) is 1. The Hall–Kier alpha value is -1.87. The molecule has 0 fully saturated rings. The van der Waals surface area contributed by atoms with Crippen molar-refractivity contribution in [2.45, 2.75) is 72.7 Å². The Morgan fingerprint density at radius 1 is 1.27 bits per heavy atom. The van der Waals surface area contributed by atoms with Crippen molar-refractivity contribution in [1.82, 2.24) is 10.3 Å². The molecule has 1 aromatic heterocycles. The van der Waals surface area contributed by atoms with Gasteiger partial charge in [-0.3, -0.25) is 9.59 Å². The third-order valence-corrected chi connectivity index (χ3v) is 7.17. The molecule has 1 aromatic rings. The highest BCUT2D eigenvalue weighted by atomic mass is 32.1. The van der Waals surface area contributed by atoms with E-state index in [9.17, 15) is 19.8 Å². The Morgan fingerprint density at radius 3 is 2.61 bits per heavy atom. The molecule has 1 unspecified atom stereocenters. The first kappa shape index (κ1) is 27.4. The lowest BCUT2D eigenvalue weighted by molar-refractivity contribution is -0.154. The molecule has 33 heavy (non-hydrogen) atoms. The molecule has 0 saturated carbocycles. The fourth-order valence-corrected chi connectivity index (χ4v) is 4.51. The lowest BCUT2D eigenvalue weighted by atomic mass is 9.73. The van der Waals surface area contributed by atoms with Crippen molar-refractivity contribution in [2.75, 3.05) is 13.1 Å². The number of hydrogen-bond acceptors (Lipinski definition) is 8. The summed E-state index contributed by atoms with van der Waals surface area (Å²) in [5, 5.41) is 27.6. The first-order valence-electron chi connectivity index (χ1n) is 11.5. The third kappa shape index (κ3) is 7.57. The highest BCUT2D eigenvalue weighted by Gasteiger charge is 2.42. The van der Waals surface area contributed by atoms with Crippen LogP contribution in [-0.2, 0) is 14.3 Å². The Bertz CT molecular complexity index is 876. The summed E-state index contributed by atoms with van der Waals surface area (Å²) >= 11 is 1.55. The first-order valence-corrected chi connectivity index (χ1v) is 12.4. The first-order chi connectivity index (χ1) is 15.4. The van der Waals surface area contributed by atoms with Crippen LogP contribution in [-0.4, -0.2) is 58.4 Å². The van der Waals surface area contributed by atoms with Gasteiger partial charge < -0.3 is 20.3 Å². The summed E-state index contributed by atoms with van der Waals surface area (Å²) < 4.78 is 5.73. The number of Topliss-reactive ketones (excluding diaryl/α,β-unsaturated/α-hetero) is 1. The number of aromatic nitrogens is 1. The molecule has 7 nitrogen and oxygen atoms in total. The van der Waals surface area contributed by atoms with Gasteiger partial charge in [0.15, 0.2) is 0 Å². The molecule has 8 heteroatoms. The average Bonchev–Trinajstić information content (AvgIpc) is 3.16. The second kappa shape index (κ2) is 12.0. The topological polar surface area (TPSA) is 109 Å². The van der Waals surface area contributed by atoms with Gasteiger partial charge in [0.05, 0.1) is 34.7 Å². The molecule has 0 bridgehead atoms. The van der Waals surface area contributed by atoms with E-state index in [1.807, 2.05) is 44.4 Å². The standard InChI is InChI=1S/C25H38N2O5S/c1-15(11-19-14-33-18(4)27-19)20-9-7-8-10-26-13-16(2)23(30)17(3)24(31)25(5,6)21(28)12-22(29)32-20/h7-8,11,14,16-17,20-21,23,26,28,30H,9-10,12-13H2,1-6H3/b8-7+,15-11+/t16-,17+,20?,21-,23-/m0/s1. The highest BCUT2D eigenvalue weighted by molar-refractivity contribution is 7.09. The van der Waals surface area contributed by atoms with Crippen LogP contribution in [0.1, 0.15) is 58.2 Å². The van der Waals surface area contributed by atoms with Gasteiger partial charge in [0, 0.05) is 30.8 Å². The normalized spacial score (nSPS) is 31.8. The maximum Gasteiger partial charge on any atom is 0.309 e. The summed E-state index contributed by atoms with van der Waals surface area (Å²) in [5.41, 5.74) is 0.460. The molecular formula is C25H38N2O5S. The number of carbonyl (C=O) groups excluding carboxylic acids is 2. The number of hydrogen-bond donors (Lipinski definition) is 3. The fraction of sp³-hybridized carbons (Fsp3) is 0.640. The summed E-state index contributed by atoms with van der Waals surface area (Å²) in [7, 11) is 0. The number of aliphatic hydroxyl groups is 2. The van der Waals surface area contributed by atoms with Crippen molar-refractivity contribution in [2.24, 2.45) is 17.3 Å². The molecule has 0 saturated heterocycles. The minimum Gasteiger partial charge on any atom is -0.457 e. The number of carbonyl (C=O) groups is 2. The van der Waals surface area contributed by atoms with E-state index < -0.39 is 35.6 Å². The van der Waals surface area contributed by atoms with Crippen LogP contribution in [0, 0.1) is 24.2 Å². The van der Waals surface area contributed by atoms with Gasteiger partial charge in [0.25, 0.3) is 0 Å². The summed E-state index contributed by atoms with van der Waals surface area (Å²) in [6.07, 6.45) is 3.40. The molecule has 5 atom stereocenters. The fourth-order valence-electron chi connectivity index (χ4n) is 3.94. The van der Waals surface area contributed by atoms with Crippen LogP contribution < -0.4 is 5.32 Å². The van der Waals surface area contributed by atoms with Gasteiger partial charge in [0.1, 0.15) is 11.9 Å². The van der Waals surface area contributed by atoms with Gasteiger partial charge in [-0.15, -0.1) is 11.3 Å². The Labute approximate surface area is 201 Å². The number of aliphatic hydroxyl groups excluding tert-OH is 2. The highest BCUT2D eigenvalue weighted by Crippen LogP contribution is 2.31. The number of ketones is 1. The molecule has 0 radical (unpaired) electrons. The zero-order valence-corrected chi connectivity index (χ0v) is 21.3. The van der Waals surface area contributed by atoms with Crippen molar-refractivity contribution in [3.05, 3.63) is 33.8 Å². The van der Waals surface area contributed by atoms with E-state index in [1.54, 1.807) is 32.1 Å². The number of thiazole rings is 1. The van der Waals surface area contributed by atoms with E-state index in [0.29, 0.717) is 19.5 Å². The van der Waals surface area contributed by atoms with Crippen molar-refractivity contribution in [3.8, 4) is 0 Å². The second-order valence-electron chi connectivity index (χ2n) is 9.59. The van der Waals surface area contributed by atoms with Gasteiger partial charge in [-0.05, 0) is 31.4 Å². The third-order valence-electron chi connectivity index (χ3n) is 6.38. The van der Waals surface area contributed by atoms with Gasteiger partial charge in [-0.25, -0.2) is 4.98 Å². The lowest BCUT2D eigenvalue weighted by Crippen LogP contribution is -2.46. The van der Waals surface area contributed by atoms with Crippen LogP contribution in [0.25, 0.3) is 6.08 Å². The molecule has 2 heterocycles. The summed E-state index contributed by atoms with van der Waals surface area (Å²) in [6, 6.07) is 0. The monoisotopic (exact) mass is 478 g/mol. The summed E-state index contributed by atoms with van der Waals surface area (Å²) in [4.78, 5) is 30.3. The number of esters is 1. The van der Waals surface area contributed by atoms with Crippen molar-refractivity contribution in [1.29, 1.82) is 0 Å². The number of nitrogens with one attached hydrogen (secondary N) is 1. The van der Waals surface area contributed by atoms with E-state index in [1.165, 1.54) is 0 Å². The minimum atomic E-state index is -1.23. The Balaban J connectivity index is 2.27. The number of ether oxygens (including phenoxy) is 1. The molecule has 1 aliphatic rings. The van der Waals surface area contributed by atoms with E-state index in [4.69, 9.17) is 4.74 Å². The van der Waals surface area contributed by atoms with Crippen LogP contribution in [0.5, 0.6) is 0 Å². The largest absolute Gasteiger partial charge is 0.457 e. The maximum absolute atomic E-state index is 13.1. The van der Waals surface area contributed by atoms with Crippen LogP contribution in [0.15, 0.2) is 23.1 Å². The molecule has 184 valence electrons. The van der Waals surface area contributed by atoms with Gasteiger partial charge in [-0.1, -0.05) is 39.8 Å². The number of rotatable bonds is 2. The molecular weight excluding hydrogens is 440 g/mol. The van der Waals surface area contributed by atoms with Crippen molar-refractivity contribution in [3.63, 3.8) is 0 Å². The van der Waals surface area contributed by atoms with E-state index in [-0.39, 0.29) is 18.1 Å². The predicted octanol–water partition coefficient (Wildman–Crippen LogP) is 3.30. The Kier molecular flexibility index (Phi) is 9.97. The quantitative estimate of drug-likeness (QED) is 0.442. The molecule has 0 spiro atoms. The predicted molar refractivity (Wildman–Crippen MR) is 131 cm³/mol. The van der Waals surface area contributed by atoms with E-state index >= 15 is 0 Å². The second-order valence-corrected chi connectivity index (χ2v) is 10.6.